The summed E-state index contributed by atoms with van der Waals surface area (Å²) in [6.07, 6.45) is 1.23. The highest BCUT2D eigenvalue weighted by molar-refractivity contribution is 9.11. The van der Waals surface area contributed by atoms with Crippen LogP contribution >= 0.6 is 38.6 Å². The fourth-order valence-corrected chi connectivity index (χ4v) is 4.58. The predicted octanol–water partition coefficient (Wildman–Crippen LogP) is 3.32. The third-order valence-corrected chi connectivity index (χ3v) is 5.94. The first-order valence-electron chi connectivity index (χ1n) is 6.31. The molecule has 2 aromatic heterocycles. The van der Waals surface area contributed by atoms with Crippen molar-refractivity contribution in [2.75, 3.05) is 6.54 Å². The van der Waals surface area contributed by atoms with E-state index in [0.29, 0.717) is 18.7 Å². The molecule has 8 heteroatoms. The van der Waals surface area contributed by atoms with Crippen molar-refractivity contribution < 1.29 is 14.7 Å². The molecule has 0 saturated carbocycles. The highest BCUT2D eigenvalue weighted by Gasteiger charge is 2.35. The van der Waals surface area contributed by atoms with E-state index in [1.165, 1.54) is 16.2 Å². The molecule has 0 spiro atoms. The van der Waals surface area contributed by atoms with Crippen molar-refractivity contribution in [2.24, 2.45) is 0 Å². The number of rotatable bonds is 3. The van der Waals surface area contributed by atoms with E-state index in [9.17, 15) is 9.59 Å². The van der Waals surface area contributed by atoms with Gasteiger partial charge in [0.2, 0.25) is 0 Å². The maximum atomic E-state index is 12.4. The van der Waals surface area contributed by atoms with Crippen LogP contribution in [0.2, 0.25) is 0 Å². The van der Waals surface area contributed by atoms with Crippen molar-refractivity contribution in [1.82, 2.24) is 9.88 Å². The molecule has 1 N–H and O–H groups in total. The van der Waals surface area contributed by atoms with Gasteiger partial charge in [-0.1, -0.05) is 0 Å². The number of hydrogen-bond acceptors (Lipinski definition) is 5. The van der Waals surface area contributed by atoms with E-state index >= 15 is 0 Å². The monoisotopic (exact) mass is 386 g/mol. The Labute approximate surface area is 137 Å². The van der Waals surface area contributed by atoms with Gasteiger partial charge in [-0.15, -0.1) is 22.7 Å². The van der Waals surface area contributed by atoms with Crippen molar-refractivity contribution in [1.29, 1.82) is 0 Å². The number of nitrogens with zero attached hydrogens (tertiary/aromatic N) is 2. The van der Waals surface area contributed by atoms with Crippen molar-refractivity contribution in [2.45, 2.75) is 18.9 Å². The third kappa shape index (κ3) is 2.88. The number of carboxylic acids is 1. The molecule has 0 radical (unpaired) electrons. The molecule has 3 rings (SSSR count). The van der Waals surface area contributed by atoms with Gasteiger partial charge in [-0.05, 0) is 40.9 Å². The van der Waals surface area contributed by atoms with Gasteiger partial charge in [0.25, 0.3) is 5.91 Å². The first-order valence-corrected chi connectivity index (χ1v) is 8.80. The number of likely N-dealkylation sites (tertiary alicyclic amines) is 1. The second-order valence-electron chi connectivity index (χ2n) is 4.64. The third-order valence-electron chi connectivity index (χ3n) is 3.31. The van der Waals surface area contributed by atoms with Crippen LogP contribution in [0.1, 0.15) is 23.3 Å². The van der Waals surface area contributed by atoms with Crippen molar-refractivity contribution in [3.8, 4) is 9.88 Å². The Morgan fingerprint density at radius 2 is 2.24 bits per heavy atom. The van der Waals surface area contributed by atoms with Gasteiger partial charge < -0.3 is 10.0 Å². The summed E-state index contributed by atoms with van der Waals surface area (Å²) in [7, 11) is 0. The average molecular weight is 387 g/mol. The summed E-state index contributed by atoms with van der Waals surface area (Å²) in [5, 5.41) is 11.6. The van der Waals surface area contributed by atoms with Gasteiger partial charge in [-0.25, -0.2) is 9.78 Å². The number of aromatic nitrogens is 1. The van der Waals surface area contributed by atoms with Crippen LogP contribution in [0.15, 0.2) is 21.3 Å². The van der Waals surface area contributed by atoms with E-state index in [0.717, 1.165) is 20.1 Å². The number of halogens is 1. The van der Waals surface area contributed by atoms with Gasteiger partial charge in [-0.3, -0.25) is 4.79 Å². The molecule has 1 fully saturated rings. The van der Waals surface area contributed by atoms with Crippen LogP contribution in [0, 0.1) is 0 Å². The Morgan fingerprint density at radius 3 is 2.90 bits per heavy atom. The number of aliphatic carboxylic acids is 1. The number of hydrogen-bond donors (Lipinski definition) is 1. The van der Waals surface area contributed by atoms with Crippen LogP contribution < -0.4 is 0 Å². The molecule has 5 nitrogen and oxygen atoms in total. The number of thiophene rings is 1. The van der Waals surface area contributed by atoms with Crippen molar-refractivity contribution in [3.63, 3.8) is 0 Å². The topological polar surface area (TPSA) is 70.5 Å². The van der Waals surface area contributed by atoms with Crippen LogP contribution in [0.3, 0.4) is 0 Å². The number of carboxylic acid groups (broad SMARTS) is 1. The minimum absolute atomic E-state index is 0.293. The van der Waals surface area contributed by atoms with Crippen LogP contribution in [0.5, 0.6) is 0 Å². The zero-order valence-corrected chi connectivity index (χ0v) is 14.0. The summed E-state index contributed by atoms with van der Waals surface area (Å²) < 4.78 is 1.01. The zero-order valence-electron chi connectivity index (χ0n) is 10.8. The lowest BCUT2D eigenvalue weighted by molar-refractivity contribution is -0.141. The molecule has 1 aliphatic rings. The van der Waals surface area contributed by atoms with Crippen LogP contribution in [-0.2, 0) is 4.79 Å². The molecular weight excluding hydrogens is 376 g/mol. The molecule has 0 aromatic carbocycles. The number of amides is 1. The predicted molar refractivity (Wildman–Crippen MR) is 84.8 cm³/mol. The normalized spacial score (nSPS) is 18.1. The van der Waals surface area contributed by atoms with Gasteiger partial charge in [0.05, 0.1) is 8.66 Å². The average Bonchev–Trinajstić information content (AvgIpc) is 3.17. The van der Waals surface area contributed by atoms with E-state index < -0.39 is 12.0 Å². The van der Waals surface area contributed by atoms with E-state index in [2.05, 4.69) is 20.9 Å². The van der Waals surface area contributed by atoms with E-state index in [1.807, 2.05) is 12.1 Å². The van der Waals surface area contributed by atoms with Gasteiger partial charge >= 0.3 is 5.97 Å². The quantitative estimate of drug-likeness (QED) is 0.877. The minimum atomic E-state index is -0.946. The molecule has 1 atom stereocenters. The molecule has 0 unspecified atom stereocenters. The molecule has 1 saturated heterocycles. The van der Waals surface area contributed by atoms with Crippen LogP contribution in [0.4, 0.5) is 0 Å². The molecule has 1 amide bonds. The van der Waals surface area contributed by atoms with E-state index in [4.69, 9.17) is 5.11 Å². The van der Waals surface area contributed by atoms with Gasteiger partial charge in [-0.2, -0.15) is 0 Å². The highest BCUT2D eigenvalue weighted by atomic mass is 79.9. The summed E-state index contributed by atoms with van der Waals surface area (Å²) >= 11 is 6.34. The molecular formula is C13H11BrN2O3S2. The molecule has 0 aliphatic carbocycles. The SMILES string of the molecule is O=C(O)[C@@H]1CCCN1C(=O)c1csc(-c2ccc(Br)s2)n1. The molecule has 3 heterocycles. The van der Waals surface area contributed by atoms with Crippen molar-refractivity contribution in [3.05, 3.63) is 27.0 Å². The number of carbonyl (C=O) groups excluding carboxylic acids is 1. The number of thiazole rings is 1. The second-order valence-corrected chi connectivity index (χ2v) is 7.96. The lowest BCUT2D eigenvalue weighted by Gasteiger charge is -2.20. The minimum Gasteiger partial charge on any atom is -0.480 e. The largest absolute Gasteiger partial charge is 0.480 e. The zero-order chi connectivity index (χ0) is 15.0. The van der Waals surface area contributed by atoms with E-state index in [-0.39, 0.29) is 5.91 Å². The summed E-state index contributed by atoms with van der Waals surface area (Å²) in [5.74, 6) is -1.24. The summed E-state index contributed by atoms with van der Waals surface area (Å²) in [6.45, 7) is 0.479. The van der Waals surface area contributed by atoms with Gasteiger partial charge in [0, 0.05) is 11.9 Å². The molecule has 21 heavy (non-hydrogen) atoms. The summed E-state index contributed by atoms with van der Waals surface area (Å²) in [4.78, 5) is 30.3. The summed E-state index contributed by atoms with van der Waals surface area (Å²) in [5.41, 5.74) is 0.327. The Bertz CT molecular complexity index is 697. The lowest BCUT2D eigenvalue weighted by Crippen LogP contribution is -2.40. The Balaban J connectivity index is 1.83. The standard InChI is InChI=1S/C13H11BrN2O3S2/c14-10-4-3-9(21-10)11-15-7(6-20-11)12(17)16-5-1-2-8(16)13(18)19/h3-4,6,8H,1-2,5H2,(H,18,19)/t8-/m0/s1. The first kappa shape index (κ1) is 14.7. The van der Waals surface area contributed by atoms with Gasteiger partial charge in [0.15, 0.2) is 0 Å². The summed E-state index contributed by atoms with van der Waals surface area (Å²) in [6, 6.07) is 3.15. The second kappa shape index (κ2) is 5.86. The Kier molecular flexibility index (Phi) is 4.10. The Morgan fingerprint density at radius 1 is 1.43 bits per heavy atom. The first-order chi connectivity index (χ1) is 10.1. The van der Waals surface area contributed by atoms with Crippen LogP contribution in [-0.4, -0.2) is 39.5 Å². The lowest BCUT2D eigenvalue weighted by atomic mass is 10.2. The fourth-order valence-electron chi connectivity index (χ4n) is 2.33. The Hall–Kier alpha value is -1.25. The van der Waals surface area contributed by atoms with Crippen molar-refractivity contribution >= 4 is 50.5 Å². The molecule has 0 bridgehead atoms. The number of carbonyl (C=O) groups is 2. The fraction of sp³-hybridized carbons (Fsp3) is 0.308. The molecule has 110 valence electrons. The van der Waals surface area contributed by atoms with Gasteiger partial charge in [0.1, 0.15) is 16.7 Å². The van der Waals surface area contributed by atoms with E-state index in [1.54, 1.807) is 16.7 Å². The smallest absolute Gasteiger partial charge is 0.326 e. The highest BCUT2D eigenvalue weighted by Crippen LogP contribution is 2.33. The maximum Gasteiger partial charge on any atom is 0.326 e. The van der Waals surface area contributed by atoms with Crippen LogP contribution in [0.25, 0.3) is 9.88 Å². The molecule has 1 aliphatic heterocycles. The maximum absolute atomic E-state index is 12.4. The molecule has 2 aromatic rings.